The number of hydrogen-bond acceptors (Lipinski definition) is 6. The normalized spacial score (nSPS) is 15.8. The highest BCUT2D eigenvalue weighted by molar-refractivity contribution is 7.10. The zero-order valence-electron chi connectivity index (χ0n) is 13.4. The lowest BCUT2D eigenvalue weighted by Crippen LogP contribution is -2.51. The van der Waals surface area contributed by atoms with Crippen LogP contribution in [0.4, 0.5) is 4.79 Å². The number of nitrogens with zero attached hydrogens (tertiary/aromatic N) is 4. The third kappa shape index (κ3) is 4.08. The van der Waals surface area contributed by atoms with E-state index in [1.165, 1.54) is 10.4 Å². The summed E-state index contributed by atoms with van der Waals surface area (Å²) in [6, 6.07) is 2.08. The van der Waals surface area contributed by atoms with Crippen molar-refractivity contribution in [2.45, 2.75) is 26.9 Å². The molecule has 0 radical (unpaired) electrons. The van der Waals surface area contributed by atoms with Crippen molar-refractivity contribution >= 4 is 17.4 Å². The first kappa shape index (κ1) is 15.9. The van der Waals surface area contributed by atoms with Crippen LogP contribution in [0.2, 0.25) is 0 Å². The molecule has 1 aliphatic rings. The van der Waals surface area contributed by atoms with E-state index in [-0.39, 0.29) is 6.03 Å². The van der Waals surface area contributed by atoms with E-state index in [0.29, 0.717) is 37.9 Å². The van der Waals surface area contributed by atoms with Crippen molar-refractivity contribution in [3.8, 4) is 0 Å². The van der Waals surface area contributed by atoms with Crippen molar-refractivity contribution in [2.75, 3.05) is 26.2 Å². The molecule has 124 valence electrons. The summed E-state index contributed by atoms with van der Waals surface area (Å²) in [5.41, 5.74) is 1.23. The molecule has 1 saturated heterocycles. The summed E-state index contributed by atoms with van der Waals surface area (Å²) in [5.74, 6) is 1.29. The van der Waals surface area contributed by atoms with Crippen molar-refractivity contribution in [2.24, 2.45) is 0 Å². The summed E-state index contributed by atoms with van der Waals surface area (Å²) in [6.07, 6.45) is 0. The zero-order chi connectivity index (χ0) is 16.2. The van der Waals surface area contributed by atoms with Gasteiger partial charge in [0.1, 0.15) is 0 Å². The summed E-state index contributed by atoms with van der Waals surface area (Å²) in [6.45, 7) is 8.17. The van der Waals surface area contributed by atoms with Crippen LogP contribution in [-0.4, -0.2) is 52.2 Å². The van der Waals surface area contributed by atoms with Crippen LogP contribution in [0, 0.1) is 13.8 Å². The lowest BCUT2D eigenvalue weighted by Gasteiger charge is -2.33. The molecular weight excluding hydrogens is 314 g/mol. The third-order valence-corrected chi connectivity index (χ3v) is 4.98. The maximum Gasteiger partial charge on any atom is 0.317 e. The molecule has 23 heavy (non-hydrogen) atoms. The van der Waals surface area contributed by atoms with E-state index in [4.69, 9.17) is 4.52 Å². The number of hydrogen-bond donors (Lipinski definition) is 1. The molecule has 0 aromatic carbocycles. The highest BCUT2D eigenvalue weighted by atomic mass is 32.1. The summed E-state index contributed by atoms with van der Waals surface area (Å²) < 4.78 is 5.14. The first-order valence-corrected chi connectivity index (χ1v) is 8.57. The highest BCUT2D eigenvalue weighted by Crippen LogP contribution is 2.15. The Morgan fingerprint density at radius 1 is 1.35 bits per heavy atom. The van der Waals surface area contributed by atoms with Gasteiger partial charge >= 0.3 is 6.03 Å². The molecule has 7 nitrogen and oxygen atoms in total. The van der Waals surface area contributed by atoms with E-state index in [2.05, 4.69) is 38.7 Å². The van der Waals surface area contributed by atoms with E-state index in [0.717, 1.165) is 13.1 Å². The zero-order valence-corrected chi connectivity index (χ0v) is 14.2. The van der Waals surface area contributed by atoms with Crippen molar-refractivity contribution in [3.63, 3.8) is 0 Å². The van der Waals surface area contributed by atoms with Gasteiger partial charge in [-0.2, -0.15) is 4.98 Å². The summed E-state index contributed by atoms with van der Waals surface area (Å²) >= 11 is 1.68. The van der Waals surface area contributed by atoms with Crippen LogP contribution >= 0.6 is 11.3 Å². The number of aromatic nitrogens is 2. The molecule has 1 fully saturated rings. The van der Waals surface area contributed by atoms with Gasteiger partial charge in [0.05, 0.1) is 13.1 Å². The van der Waals surface area contributed by atoms with Crippen LogP contribution in [0.1, 0.15) is 22.2 Å². The summed E-state index contributed by atoms with van der Waals surface area (Å²) in [5, 5.41) is 8.85. The molecule has 0 atom stereocenters. The van der Waals surface area contributed by atoms with E-state index in [9.17, 15) is 4.79 Å². The number of aryl methyl sites for hydroxylation is 2. The van der Waals surface area contributed by atoms with Gasteiger partial charge in [-0.25, -0.2) is 4.79 Å². The second-order valence-electron chi connectivity index (χ2n) is 5.68. The number of carbonyl (C=O) groups excluding carboxylic acids is 1. The molecule has 3 rings (SSSR count). The maximum atomic E-state index is 12.2. The smallest absolute Gasteiger partial charge is 0.317 e. The van der Waals surface area contributed by atoms with Gasteiger partial charge in [-0.1, -0.05) is 5.16 Å². The van der Waals surface area contributed by atoms with E-state index in [1.807, 2.05) is 11.8 Å². The molecule has 0 bridgehead atoms. The molecule has 3 heterocycles. The Hall–Kier alpha value is -1.93. The molecule has 1 N–H and O–H groups in total. The molecule has 8 heteroatoms. The van der Waals surface area contributed by atoms with E-state index < -0.39 is 0 Å². The average Bonchev–Trinajstić information content (AvgIpc) is 3.14. The third-order valence-electron chi connectivity index (χ3n) is 3.96. The first-order chi connectivity index (χ1) is 11.1. The van der Waals surface area contributed by atoms with Gasteiger partial charge in [-0.3, -0.25) is 4.90 Å². The van der Waals surface area contributed by atoms with Gasteiger partial charge in [0.15, 0.2) is 5.82 Å². The average molecular weight is 335 g/mol. The minimum atomic E-state index is 0.00563. The summed E-state index contributed by atoms with van der Waals surface area (Å²) in [7, 11) is 0. The highest BCUT2D eigenvalue weighted by Gasteiger charge is 2.22. The Bertz CT molecular complexity index is 660. The Balaban J connectivity index is 1.43. The van der Waals surface area contributed by atoms with Crippen LogP contribution in [0.25, 0.3) is 0 Å². The fourth-order valence-electron chi connectivity index (χ4n) is 2.56. The Morgan fingerprint density at radius 2 is 2.13 bits per heavy atom. The lowest BCUT2D eigenvalue weighted by atomic mass is 10.3. The van der Waals surface area contributed by atoms with Crippen molar-refractivity contribution < 1.29 is 9.32 Å². The quantitative estimate of drug-likeness (QED) is 0.922. The van der Waals surface area contributed by atoms with Gasteiger partial charge in [-0.05, 0) is 30.9 Å². The van der Waals surface area contributed by atoms with Gasteiger partial charge in [-0.15, -0.1) is 11.3 Å². The van der Waals surface area contributed by atoms with Crippen molar-refractivity contribution in [1.82, 2.24) is 25.3 Å². The largest absolute Gasteiger partial charge is 0.338 e. The number of piperazine rings is 1. The molecule has 1 aliphatic heterocycles. The number of thiophene rings is 1. The SMILES string of the molecule is Cc1noc(CN2CCN(C(=O)NCc3sccc3C)CC2)n1. The second-order valence-corrected chi connectivity index (χ2v) is 6.68. The maximum absolute atomic E-state index is 12.2. The van der Waals surface area contributed by atoms with E-state index >= 15 is 0 Å². The van der Waals surface area contributed by atoms with Gasteiger partial charge in [0.25, 0.3) is 0 Å². The topological polar surface area (TPSA) is 74.5 Å². The van der Waals surface area contributed by atoms with Crippen LogP contribution in [0.3, 0.4) is 0 Å². The second kappa shape index (κ2) is 7.10. The number of urea groups is 1. The monoisotopic (exact) mass is 335 g/mol. The minimum Gasteiger partial charge on any atom is -0.338 e. The van der Waals surface area contributed by atoms with Crippen LogP contribution in [0.5, 0.6) is 0 Å². The predicted molar refractivity (Wildman–Crippen MR) is 87.2 cm³/mol. The number of amides is 2. The van der Waals surface area contributed by atoms with Crippen LogP contribution < -0.4 is 5.32 Å². The number of carbonyl (C=O) groups is 1. The minimum absolute atomic E-state index is 0.00563. The number of rotatable bonds is 4. The molecule has 0 saturated carbocycles. The Kier molecular flexibility index (Phi) is 4.92. The van der Waals surface area contributed by atoms with Gasteiger partial charge < -0.3 is 14.7 Å². The lowest BCUT2D eigenvalue weighted by molar-refractivity contribution is 0.126. The first-order valence-electron chi connectivity index (χ1n) is 7.69. The Labute approximate surface area is 139 Å². The molecule has 2 aromatic heterocycles. The number of nitrogens with one attached hydrogen (secondary N) is 1. The molecular formula is C15H21N5O2S. The van der Waals surface area contributed by atoms with Crippen molar-refractivity contribution in [3.05, 3.63) is 33.6 Å². The summed E-state index contributed by atoms with van der Waals surface area (Å²) in [4.78, 5) is 21.7. The van der Waals surface area contributed by atoms with Gasteiger partial charge in [0, 0.05) is 31.1 Å². The fraction of sp³-hybridized carbons (Fsp3) is 0.533. The Morgan fingerprint density at radius 3 is 2.74 bits per heavy atom. The van der Waals surface area contributed by atoms with Crippen molar-refractivity contribution in [1.29, 1.82) is 0 Å². The standard InChI is InChI=1S/C15H21N5O2S/c1-11-3-8-23-13(11)9-16-15(21)20-6-4-19(5-7-20)10-14-17-12(2)18-22-14/h3,8H,4-7,9-10H2,1-2H3,(H,16,21). The van der Waals surface area contributed by atoms with E-state index in [1.54, 1.807) is 11.3 Å². The van der Waals surface area contributed by atoms with Crippen LogP contribution in [-0.2, 0) is 13.1 Å². The fourth-order valence-corrected chi connectivity index (χ4v) is 3.40. The molecule has 0 spiro atoms. The molecule has 2 aromatic rings. The predicted octanol–water partition coefficient (Wildman–Crippen LogP) is 1.78. The molecule has 0 unspecified atom stereocenters. The molecule has 2 amide bonds. The molecule has 0 aliphatic carbocycles. The van der Waals surface area contributed by atoms with Gasteiger partial charge in [0.2, 0.25) is 5.89 Å². The van der Waals surface area contributed by atoms with Crippen LogP contribution in [0.15, 0.2) is 16.0 Å².